The molecule has 1 unspecified atom stereocenters. The Kier molecular flexibility index (Phi) is 5.98. The van der Waals surface area contributed by atoms with E-state index in [0.29, 0.717) is 6.42 Å². The predicted molar refractivity (Wildman–Crippen MR) is 45.9 cm³/mol. The summed E-state index contributed by atoms with van der Waals surface area (Å²) in [7, 11) is 0. The van der Waals surface area contributed by atoms with Crippen LogP contribution in [0, 0.1) is 0 Å². The van der Waals surface area contributed by atoms with Gasteiger partial charge in [-0.1, -0.05) is 34.8 Å². The summed E-state index contributed by atoms with van der Waals surface area (Å²) < 4.78 is -0.0462. The van der Waals surface area contributed by atoms with Crippen molar-refractivity contribution in [3.63, 3.8) is 0 Å². The molecule has 0 aromatic rings. The van der Waals surface area contributed by atoms with Crippen LogP contribution in [0.1, 0.15) is 6.42 Å². The quantitative estimate of drug-likeness (QED) is 0.730. The molecule has 0 rings (SSSR count). The van der Waals surface area contributed by atoms with E-state index in [1.807, 2.05) is 0 Å². The lowest BCUT2D eigenvalue weighted by atomic mass is 10.3. The molecule has 0 heterocycles. The van der Waals surface area contributed by atoms with Crippen molar-refractivity contribution in [2.75, 3.05) is 6.61 Å². The Morgan fingerprint density at radius 2 is 1.80 bits per heavy atom. The van der Waals surface area contributed by atoms with Crippen LogP contribution in [0.5, 0.6) is 0 Å². The molecular weight excluding hydrogens is 218 g/mol. The molecule has 0 aromatic carbocycles. The zero-order valence-corrected chi connectivity index (χ0v) is 7.97. The average Bonchev–Trinajstić information content (AvgIpc) is 1.87. The van der Waals surface area contributed by atoms with Crippen LogP contribution < -0.4 is 0 Å². The Labute approximate surface area is 79.5 Å². The van der Waals surface area contributed by atoms with E-state index in [1.165, 1.54) is 0 Å². The van der Waals surface area contributed by atoms with Gasteiger partial charge in [-0.15, -0.1) is 11.6 Å². The van der Waals surface area contributed by atoms with Crippen molar-refractivity contribution in [2.24, 2.45) is 0 Å². The maximum Gasteiger partial charge on any atom is 0.122 e. The molecule has 1 atom stereocenters. The van der Waals surface area contributed by atoms with Gasteiger partial charge in [0.15, 0.2) is 0 Å². The van der Waals surface area contributed by atoms with E-state index < -0.39 is 5.38 Å². The highest BCUT2D eigenvalue weighted by Crippen LogP contribution is 2.25. The maximum atomic E-state index is 8.42. The van der Waals surface area contributed by atoms with E-state index in [1.54, 1.807) is 0 Å². The van der Waals surface area contributed by atoms with Crippen LogP contribution in [0.15, 0.2) is 9.52 Å². The lowest BCUT2D eigenvalue weighted by Crippen LogP contribution is -2.01. The van der Waals surface area contributed by atoms with E-state index in [0.717, 1.165) is 0 Å². The summed E-state index contributed by atoms with van der Waals surface area (Å²) in [6.45, 7) is -0.0363. The summed E-state index contributed by atoms with van der Waals surface area (Å²) in [6, 6.07) is 0. The Balaban J connectivity index is 3.94. The number of aliphatic hydroxyl groups excluding tert-OH is 1. The Morgan fingerprint density at radius 1 is 1.30 bits per heavy atom. The third-order valence-corrected chi connectivity index (χ3v) is 2.44. The van der Waals surface area contributed by atoms with Gasteiger partial charge in [-0.3, -0.25) is 0 Å². The van der Waals surface area contributed by atoms with Gasteiger partial charge in [0.1, 0.15) is 4.49 Å². The van der Waals surface area contributed by atoms with Gasteiger partial charge in [-0.2, -0.15) is 0 Å². The second kappa shape index (κ2) is 5.50. The summed E-state index contributed by atoms with van der Waals surface area (Å²) in [4.78, 5) is 0. The van der Waals surface area contributed by atoms with Gasteiger partial charge in [0, 0.05) is 6.61 Å². The molecule has 0 amide bonds. The topological polar surface area (TPSA) is 20.2 Å². The van der Waals surface area contributed by atoms with E-state index in [2.05, 4.69) is 0 Å². The zero-order chi connectivity index (χ0) is 8.15. The molecular formula is C5H6Cl4O. The van der Waals surface area contributed by atoms with E-state index in [-0.39, 0.29) is 16.1 Å². The molecule has 1 nitrogen and oxygen atoms in total. The van der Waals surface area contributed by atoms with Gasteiger partial charge in [0.25, 0.3) is 0 Å². The van der Waals surface area contributed by atoms with Gasteiger partial charge in [0.2, 0.25) is 0 Å². The number of rotatable bonds is 3. The average molecular weight is 224 g/mol. The normalized spacial score (nSPS) is 12.9. The highest BCUT2D eigenvalue weighted by atomic mass is 35.5. The number of hydrogen-bond donors (Lipinski definition) is 1. The van der Waals surface area contributed by atoms with Gasteiger partial charge >= 0.3 is 0 Å². The molecule has 0 spiro atoms. The molecule has 5 heteroatoms. The van der Waals surface area contributed by atoms with E-state index in [9.17, 15) is 0 Å². The van der Waals surface area contributed by atoms with Crippen molar-refractivity contribution in [3.8, 4) is 0 Å². The zero-order valence-electron chi connectivity index (χ0n) is 4.95. The van der Waals surface area contributed by atoms with Crippen molar-refractivity contribution in [1.29, 1.82) is 0 Å². The lowest BCUT2D eigenvalue weighted by Gasteiger charge is -2.04. The highest BCUT2D eigenvalue weighted by molar-refractivity contribution is 6.60. The first-order valence-corrected chi connectivity index (χ1v) is 4.12. The molecule has 10 heavy (non-hydrogen) atoms. The molecule has 0 fully saturated rings. The van der Waals surface area contributed by atoms with Crippen LogP contribution in [0.2, 0.25) is 0 Å². The number of alkyl halides is 1. The van der Waals surface area contributed by atoms with E-state index in [4.69, 9.17) is 51.5 Å². The number of hydrogen-bond acceptors (Lipinski definition) is 1. The second-order valence-corrected chi connectivity index (χ2v) is 3.47. The van der Waals surface area contributed by atoms with Crippen LogP contribution in [0.25, 0.3) is 0 Å². The predicted octanol–water partition coefficient (Wildman–Crippen LogP) is 2.86. The van der Waals surface area contributed by atoms with Gasteiger partial charge in [0.05, 0.1) is 10.4 Å². The van der Waals surface area contributed by atoms with Crippen molar-refractivity contribution in [3.05, 3.63) is 9.52 Å². The standard InChI is InChI=1S/C5H6Cl4O/c6-3(1-2-10)4(7)5(8)9/h3,10H,1-2H2. The molecule has 1 N–H and O–H groups in total. The number of halogens is 4. The minimum absolute atomic E-state index is 0.0363. The third-order valence-electron chi connectivity index (χ3n) is 0.838. The van der Waals surface area contributed by atoms with Gasteiger partial charge in [-0.25, -0.2) is 0 Å². The first-order chi connectivity index (χ1) is 4.59. The highest BCUT2D eigenvalue weighted by Gasteiger charge is 2.10. The monoisotopic (exact) mass is 222 g/mol. The summed E-state index contributed by atoms with van der Waals surface area (Å²) in [5, 5.41) is 8.11. The van der Waals surface area contributed by atoms with E-state index >= 15 is 0 Å². The second-order valence-electron chi connectivity index (χ2n) is 1.59. The summed E-state index contributed by atoms with van der Waals surface area (Å²) in [6.07, 6.45) is 0.351. The molecule has 0 aliphatic heterocycles. The van der Waals surface area contributed by atoms with Crippen LogP contribution >= 0.6 is 46.4 Å². The number of allylic oxidation sites excluding steroid dienone is 1. The van der Waals surface area contributed by atoms with Crippen molar-refractivity contribution >= 4 is 46.4 Å². The van der Waals surface area contributed by atoms with Crippen LogP contribution in [-0.2, 0) is 0 Å². The Hall–Kier alpha value is 0.860. The fourth-order valence-electron chi connectivity index (χ4n) is 0.358. The Bertz CT molecular complexity index is 130. The fourth-order valence-corrected chi connectivity index (χ4v) is 1.05. The lowest BCUT2D eigenvalue weighted by molar-refractivity contribution is 0.290. The van der Waals surface area contributed by atoms with Crippen LogP contribution in [0.4, 0.5) is 0 Å². The first-order valence-electron chi connectivity index (χ1n) is 2.55. The fraction of sp³-hybridized carbons (Fsp3) is 0.600. The minimum atomic E-state index is -0.489. The van der Waals surface area contributed by atoms with Gasteiger partial charge < -0.3 is 5.11 Å². The summed E-state index contributed by atoms with van der Waals surface area (Å²) in [5.41, 5.74) is 0. The molecule has 0 aromatic heterocycles. The van der Waals surface area contributed by atoms with Crippen molar-refractivity contribution < 1.29 is 5.11 Å². The van der Waals surface area contributed by atoms with Crippen LogP contribution in [-0.4, -0.2) is 17.1 Å². The molecule has 0 bridgehead atoms. The molecule has 0 radical (unpaired) electrons. The summed E-state index contributed by atoms with van der Waals surface area (Å²) in [5.74, 6) is 0. The van der Waals surface area contributed by atoms with Crippen molar-refractivity contribution in [1.82, 2.24) is 0 Å². The van der Waals surface area contributed by atoms with Crippen molar-refractivity contribution in [2.45, 2.75) is 11.8 Å². The largest absolute Gasteiger partial charge is 0.396 e. The Morgan fingerprint density at radius 3 is 2.10 bits per heavy atom. The number of aliphatic hydroxyl groups is 1. The SMILES string of the molecule is OCCC(Cl)C(Cl)=C(Cl)Cl. The molecule has 0 aliphatic rings. The smallest absolute Gasteiger partial charge is 0.122 e. The van der Waals surface area contributed by atoms with Gasteiger partial charge in [-0.05, 0) is 6.42 Å². The molecule has 60 valence electrons. The minimum Gasteiger partial charge on any atom is -0.396 e. The molecule has 0 aliphatic carbocycles. The third kappa shape index (κ3) is 3.89. The first kappa shape index (κ1) is 10.9. The molecule has 0 saturated carbocycles. The summed E-state index contributed by atoms with van der Waals surface area (Å²) >= 11 is 21.7. The maximum absolute atomic E-state index is 8.42. The van der Waals surface area contributed by atoms with Crippen LogP contribution in [0.3, 0.4) is 0 Å². The molecule has 0 saturated heterocycles.